The number of hydrogen-bond acceptors (Lipinski definition) is 5. The molecule has 3 rings (SSSR count). The van der Waals surface area contributed by atoms with Crippen LogP contribution in [0.4, 0.5) is 15.9 Å². The SMILES string of the molecule is Cc1cc(F)c(N)cc1/C(N)=C/C(=C\N)c1ccnc(NC(=O)C2CC2)c1. The van der Waals surface area contributed by atoms with Crippen molar-refractivity contribution in [2.75, 3.05) is 11.1 Å². The molecule has 0 radical (unpaired) electrons. The largest absolute Gasteiger partial charge is 0.404 e. The van der Waals surface area contributed by atoms with Gasteiger partial charge in [-0.1, -0.05) is 0 Å². The van der Waals surface area contributed by atoms with E-state index < -0.39 is 5.82 Å². The number of nitrogens with zero attached hydrogens (tertiary/aromatic N) is 1. The second kappa shape index (κ2) is 7.49. The first-order valence-corrected chi connectivity index (χ1v) is 8.61. The molecule has 1 heterocycles. The molecule has 140 valence electrons. The predicted octanol–water partition coefficient (Wildman–Crippen LogP) is 2.76. The molecule has 0 saturated heterocycles. The summed E-state index contributed by atoms with van der Waals surface area (Å²) in [6.07, 6.45) is 6.52. The Bertz CT molecular complexity index is 947. The Hall–Kier alpha value is -3.35. The Kier molecular flexibility index (Phi) is 5.12. The van der Waals surface area contributed by atoms with E-state index in [1.165, 1.54) is 18.3 Å². The molecule has 0 aliphatic heterocycles. The van der Waals surface area contributed by atoms with Crippen molar-refractivity contribution >= 4 is 28.7 Å². The number of allylic oxidation sites excluding steroid dienone is 2. The zero-order valence-electron chi connectivity index (χ0n) is 15.0. The minimum Gasteiger partial charge on any atom is -0.404 e. The van der Waals surface area contributed by atoms with Gasteiger partial charge in [0.2, 0.25) is 5.91 Å². The molecule has 1 aliphatic carbocycles. The van der Waals surface area contributed by atoms with E-state index in [0.29, 0.717) is 28.2 Å². The lowest BCUT2D eigenvalue weighted by Crippen LogP contribution is -2.14. The molecule has 1 aliphatic rings. The number of benzene rings is 1. The van der Waals surface area contributed by atoms with Crippen LogP contribution in [-0.4, -0.2) is 10.9 Å². The highest BCUT2D eigenvalue weighted by Crippen LogP contribution is 2.30. The van der Waals surface area contributed by atoms with Gasteiger partial charge >= 0.3 is 0 Å². The topological polar surface area (TPSA) is 120 Å². The number of halogens is 1. The third-order valence-electron chi connectivity index (χ3n) is 4.44. The normalized spacial score (nSPS) is 14.9. The van der Waals surface area contributed by atoms with E-state index in [1.807, 2.05) is 0 Å². The van der Waals surface area contributed by atoms with E-state index in [4.69, 9.17) is 17.2 Å². The molecule has 7 N–H and O–H groups in total. The van der Waals surface area contributed by atoms with Crippen molar-refractivity contribution in [2.45, 2.75) is 19.8 Å². The molecule has 1 saturated carbocycles. The molecule has 0 spiro atoms. The van der Waals surface area contributed by atoms with Crippen LogP contribution in [0.15, 0.2) is 42.7 Å². The van der Waals surface area contributed by atoms with Crippen molar-refractivity contribution in [3.8, 4) is 0 Å². The van der Waals surface area contributed by atoms with Crippen LogP contribution in [0.3, 0.4) is 0 Å². The van der Waals surface area contributed by atoms with Crippen molar-refractivity contribution in [3.63, 3.8) is 0 Å². The maximum absolute atomic E-state index is 13.6. The van der Waals surface area contributed by atoms with Crippen LogP contribution in [0.25, 0.3) is 11.3 Å². The van der Waals surface area contributed by atoms with Crippen LogP contribution >= 0.6 is 0 Å². The average Bonchev–Trinajstić information content (AvgIpc) is 3.48. The molecule has 1 aromatic carbocycles. The summed E-state index contributed by atoms with van der Waals surface area (Å²) in [4.78, 5) is 16.1. The Balaban J connectivity index is 1.87. The monoisotopic (exact) mass is 367 g/mol. The van der Waals surface area contributed by atoms with E-state index >= 15 is 0 Å². The van der Waals surface area contributed by atoms with Gasteiger partial charge in [0.05, 0.1) is 5.69 Å². The fraction of sp³-hybridized carbons (Fsp3) is 0.200. The maximum Gasteiger partial charge on any atom is 0.228 e. The fourth-order valence-corrected chi connectivity index (χ4v) is 2.73. The number of carbonyl (C=O) groups excluding carboxylic acids is 1. The van der Waals surface area contributed by atoms with Crippen LogP contribution < -0.4 is 22.5 Å². The van der Waals surface area contributed by atoms with Crippen molar-refractivity contribution in [1.82, 2.24) is 4.98 Å². The first kappa shape index (κ1) is 18.4. The van der Waals surface area contributed by atoms with Crippen LogP contribution in [0.2, 0.25) is 0 Å². The zero-order valence-corrected chi connectivity index (χ0v) is 15.0. The lowest BCUT2D eigenvalue weighted by molar-refractivity contribution is -0.117. The van der Waals surface area contributed by atoms with E-state index in [9.17, 15) is 9.18 Å². The summed E-state index contributed by atoms with van der Waals surface area (Å²) in [6, 6.07) is 6.34. The van der Waals surface area contributed by atoms with E-state index in [1.54, 1.807) is 31.3 Å². The van der Waals surface area contributed by atoms with Gasteiger partial charge in [-0.3, -0.25) is 4.79 Å². The molecule has 1 aromatic heterocycles. The number of pyridine rings is 1. The van der Waals surface area contributed by atoms with Gasteiger partial charge in [-0.05, 0) is 66.8 Å². The quantitative estimate of drug-likeness (QED) is 0.478. The van der Waals surface area contributed by atoms with E-state index in [2.05, 4.69) is 10.3 Å². The zero-order chi connectivity index (χ0) is 19.6. The van der Waals surface area contributed by atoms with Gasteiger partial charge in [0, 0.05) is 29.6 Å². The van der Waals surface area contributed by atoms with Crippen LogP contribution in [-0.2, 0) is 4.79 Å². The van der Waals surface area contributed by atoms with Crippen molar-refractivity contribution in [2.24, 2.45) is 17.4 Å². The summed E-state index contributed by atoms with van der Waals surface area (Å²) in [5.74, 6) is 0.0366. The predicted molar refractivity (Wildman–Crippen MR) is 105 cm³/mol. The molecule has 0 unspecified atom stereocenters. The Morgan fingerprint density at radius 2 is 2.07 bits per heavy atom. The molecule has 27 heavy (non-hydrogen) atoms. The number of nitrogen functional groups attached to an aromatic ring is 1. The smallest absolute Gasteiger partial charge is 0.228 e. The standard InChI is InChI=1S/C20H22FN5O/c1-11-6-16(21)18(24)9-15(11)17(23)7-14(10-22)13-4-5-25-19(8-13)26-20(27)12-2-3-12/h4-10,12H,2-3,22-24H2,1H3,(H,25,26,27)/b14-10+,17-7-. The van der Waals surface area contributed by atoms with Crippen LogP contribution in [0.5, 0.6) is 0 Å². The third kappa shape index (κ3) is 4.25. The van der Waals surface area contributed by atoms with Gasteiger partial charge in [0.25, 0.3) is 0 Å². The number of nitrogens with two attached hydrogens (primary N) is 3. The highest BCUT2D eigenvalue weighted by molar-refractivity contribution is 5.94. The van der Waals surface area contributed by atoms with Gasteiger partial charge in [0.1, 0.15) is 11.6 Å². The lowest BCUT2D eigenvalue weighted by Gasteiger charge is -2.11. The third-order valence-corrected chi connectivity index (χ3v) is 4.44. The number of hydrogen-bond donors (Lipinski definition) is 4. The van der Waals surface area contributed by atoms with Gasteiger partial charge in [-0.15, -0.1) is 0 Å². The molecule has 1 fully saturated rings. The summed E-state index contributed by atoms with van der Waals surface area (Å²) in [7, 11) is 0. The number of aromatic nitrogens is 1. The second-order valence-corrected chi connectivity index (χ2v) is 6.60. The van der Waals surface area contributed by atoms with Crippen LogP contribution in [0, 0.1) is 18.7 Å². The van der Waals surface area contributed by atoms with E-state index in [-0.39, 0.29) is 17.5 Å². The first-order chi connectivity index (χ1) is 12.9. The first-order valence-electron chi connectivity index (χ1n) is 8.61. The van der Waals surface area contributed by atoms with Gasteiger partial charge in [-0.25, -0.2) is 9.37 Å². The Morgan fingerprint density at radius 3 is 2.74 bits per heavy atom. The summed E-state index contributed by atoms with van der Waals surface area (Å²) in [5.41, 5.74) is 20.7. The average molecular weight is 367 g/mol. The van der Waals surface area contributed by atoms with Crippen molar-refractivity contribution in [3.05, 3.63) is 65.2 Å². The number of amides is 1. The summed E-state index contributed by atoms with van der Waals surface area (Å²) < 4.78 is 13.6. The molecule has 7 heteroatoms. The highest BCUT2D eigenvalue weighted by Gasteiger charge is 2.29. The Labute approximate surface area is 157 Å². The number of carbonyl (C=O) groups is 1. The van der Waals surface area contributed by atoms with Gasteiger partial charge < -0.3 is 22.5 Å². The van der Waals surface area contributed by atoms with Crippen LogP contribution in [0.1, 0.15) is 29.5 Å². The second-order valence-electron chi connectivity index (χ2n) is 6.60. The van der Waals surface area contributed by atoms with Crippen molar-refractivity contribution in [1.29, 1.82) is 0 Å². The molecule has 0 atom stereocenters. The fourth-order valence-electron chi connectivity index (χ4n) is 2.73. The highest BCUT2D eigenvalue weighted by atomic mass is 19.1. The molecule has 1 amide bonds. The molecule has 6 nitrogen and oxygen atoms in total. The number of anilines is 2. The van der Waals surface area contributed by atoms with Gasteiger partial charge in [0.15, 0.2) is 0 Å². The summed E-state index contributed by atoms with van der Waals surface area (Å²) in [6.45, 7) is 1.75. The van der Waals surface area contributed by atoms with Gasteiger partial charge in [-0.2, -0.15) is 0 Å². The number of nitrogens with one attached hydrogen (secondary N) is 1. The number of aryl methyl sites for hydroxylation is 1. The lowest BCUT2D eigenvalue weighted by atomic mass is 10.0. The molecular weight excluding hydrogens is 345 g/mol. The van der Waals surface area contributed by atoms with E-state index in [0.717, 1.165) is 18.4 Å². The molecule has 0 bridgehead atoms. The maximum atomic E-state index is 13.6. The molecule has 2 aromatic rings. The minimum absolute atomic E-state index is 0.0228. The van der Waals surface area contributed by atoms with Crippen molar-refractivity contribution < 1.29 is 9.18 Å². The summed E-state index contributed by atoms with van der Waals surface area (Å²) in [5, 5.41) is 2.80. The Morgan fingerprint density at radius 1 is 1.33 bits per heavy atom. The summed E-state index contributed by atoms with van der Waals surface area (Å²) >= 11 is 0. The minimum atomic E-state index is -0.483. The molecular formula is C20H22FN5O. The number of rotatable bonds is 5.